The Hall–Kier alpha value is -1.32. The number of allylic oxidation sites excluding steroid dienone is 2. The summed E-state index contributed by atoms with van der Waals surface area (Å²) in [5, 5.41) is 8.64. The summed E-state index contributed by atoms with van der Waals surface area (Å²) in [6.07, 6.45) is 5.89. The van der Waals surface area contributed by atoms with Crippen molar-refractivity contribution in [2.24, 2.45) is 0 Å². The first-order chi connectivity index (χ1) is 6.61. The average Bonchev–Trinajstić information content (AvgIpc) is 2.15. The molecule has 0 atom stereocenters. The highest BCUT2D eigenvalue weighted by Gasteiger charge is 2.18. The fourth-order valence-corrected chi connectivity index (χ4v) is 1.62. The number of rotatable bonds is 3. The number of nitrogens with zero attached hydrogens (tertiary/aromatic N) is 1. The van der Waals surface area contributed by atoms with Gasteiger partial charge in [0.05, 0.1) is 0 Å². The van der Waals surface area contributed by atoms with Crippen molar-refractivity contribution < 1.29 is 14.7 Å². The van der Waals surface area contributed by atoms with Gasteiger partial charge in [0.2, 0.25) is 5.91 Å². The predicted molar refractivity (Wildman–Crippen MR) is 51.6 cm³/mol. The minimum Gasteiger partial charge on any atom is -0.480 e. The molecule has 1 aliphatic rings. The van der Waals surface area contributed by atoms with Gasteiger partial charge < -0.3 is 10.0 Å². The van der Waals surface area contributed by atoms with Crippen LogP contribution in [-0.2, 0) is 9.59 Å². The first kappa shape index (κ1) is 10.8. The number of carboxylic acid groups (broad SMARTS) is 1. The molecule has 0 aromatic carbocycles. The molecule has 0 unspecified atom stereocenters. The van der Waals surface area contributed by atoms with Crippen LogP contribution in [-0.4, -0.2) is 28.4 Å². The third kappa shape index (κ3) is 2.87. The molecule has 1 rings (SSSR count). The smallest absolute Gasteiger partial charge is 0.323 e. The Kier molecular flexibility index (Phi) is 3.68. The summed E-state index contributed by atoms with van der Waals surface area (Å²) in [5.74, 6) is -1.16. The van der Waals surface area contributed by atoms with Crippen LogP contribution >= 0.6 is 0 Å². The van der Waals surface area contributed by atoms with Gasteiger partial charge in [-0.15, -0.1) is 0 Å². The van der Waals surface area contributed by atoms with E-state index in [1.54, 1.807) is 0 Å². The molecule has 0 aromatic heterocycles. The summed E-state index contributed by atoms with van der Waals surface area (Å²) in [6.45, 7) is 1.18. The second-order valence-electron chi connectivity index (χ2n) is 3.44. The summed E-state index contributed by atoms with van der Waals surface area (Å²) in [6, 6.07) is 0. The van der Waals surface area contributed by atoms with E-state index in [0.29, 0.717) is 0 Å². The fourth-order valence-electron chi connectivity index (χ4n) is 1.62. The Balaban J connectivity index is 2.70. The first-order valence-electron chi connectivity index (χ1n) is 4.80. The molecule has 1 aliphatic carbocycles. The van der Waals surface area contributed by atoms with Gasteiger partial charge in [0.15, 0.2) is 0 Å². The van der Waals surface area contributed by atoms with Crippen LogP contribution < -0.4 is 0 Å². The molecule has 0 spiro atoms. The van der Waals surface area contributed by atoms with Crippen molar-refractivity contribution in [3.63, 3.8) is 0 Å². The summed E-state index contributed by atoms with van der Waals surface area (Å²) >= 11 is 0. The van der Waals surface area contributed by atoms with E-state index in [1.807, 2.05) is 6.08 Å². The molecule has 0 fully saturated rings. The molecule has 1 N–H and O–H groups in total. The Morgan fingerprint density at radius 3 is 2.64 bits per heavy atom. The van der Waals surface area contributed by atoms with E-state index in [2.05, 4.69) is 0 Å². The topological polar surface area (TPSA) is 57.6 Å². The van der Waals surface area contributed by atoms with Gasteiger partial charge in [-0.2, -0.15) is 0 Å². The molecule has 0 saturated carbocycles. The minimum atomic E-state index is -0.966. The van der Waals surface area contributed by atoms with Crippen LogP contribution in [0, 0.1) is 0 Å². The van der Waals surface area contributed by atoms with E-state index >= 15 is 0 Å². The van der Waals surface area contributed by atoms with E-state index < -0.39 is 5.97 Å². The number of hydrogen-bond acceptors (Lipinski definition) is 2. The summed E-state index contributed by atoms with van der Waals surface area (Å²) in [5.41, 5.74) is 0.867. The third-order valence-corrected chi connectivity index (χ3v) is 2.29. The zero-order chi connectivity index (χ0) is 10.6. The van der Waals surface area contributed by atoms with Crippen LogP contribution in [0.1, 0.15) is 32.6 Å². The maximum atomic E-state index is 11.2. The molecular weight excluding hydrogens is 182 g/mol. The molecule has 1 amide bonds. The van der Waals surface area contributed by atoms with E-state index in [-0.39, 0.29) is 12.5 Å². The number of carboxylic acids is 1. The maximum absolute atomic E-state index is 11.2. The van der Waals surface area contributed by atoms with E-state index in [1.165, 1.54) is 11.8 Å². The molecule has 0 bridgehead atoms. The van der Waals surface area contributed by atoms with Crippen LogP contribution in [0.4, 0.5) is 0 Å². The molecule has 0 aromatic rings. The molecule has 0 saturated heterocycles. The van der Waals surface area contributed by atoms with Gasteiger partial charge in [0, 0.05) is 12.6 Å². The lowest BCUT2D eigenvalue weighted by Gasteiger charge is -2.24. The summed E-state index contributed by atoms with van der Waals surface area (Å²) in [4.78, 5) is 23.1. The van der Waals surface area contributed by atoms with Gasteiger partial charge >= 0.3 is 5.97 Å². The number of carbonyl (C=O) groups is 2. The monoisotopic (exact) mass is 197 g/mol. The van der Waals surface area contributed by atoms with Crippen molar-refractivity contribution in [3.8, 4) is 0 Å². The molecule has 0 radical (unpaired) electrons. The van der Waals surface area contributed by atoms with Crippen molar-refractivity contribution in [2.75, 3.05) is 6.54 Å². The fraction of sp³-hybridized carbons (Fsp3) is 0.600. The highest BCUT2D eigenvalue weighted by molar-refractivity contribution is 5.81. The van der Waals surface area contributed by atoms with Crippen molar-refractivity contribution >= 4 is 11.9 Å². The number of amides is 1. The lowest BCUT2D eigenvalue weighted by Crippen LogP contribution is -2.33. The second-order valence-corrected chi connectivity index (χ2v) is 3.44. The zero-order valence-corrected chi connectivity index (χ0v) is 8.32. The Bertz CT molecular complexity index is 271. The summed E-state index contributed by atoms with van der Waals surface area (Å²) < 4.78 is 0. The van der Waals surface area contributed by atoms with Crippen LogP contribution in [0.2, 0.25) is 0 Å². The zero-order valence-electron chi connectivity index (χ0n) is 8.32. The molecule has 14 heavy (non-hydrogen) atoms. The van der Waals surface area contributed by atoms with Gasteiger partial charge in [0.25, 0.3) is 0 Å². The highest BCUT2D eigenvalue weighted by atomic mass is 16.4. The van der Waals surface area contributed by atoms with Gasteiger partial charge in [-0.05, 0) is 25.7 Å². The standard InChI is InChI=1S/C10H15NO3/c1-8(12)11(7-10(13)14)9-5-3-2-4-6-9/h5H,2-4,6-7H2,1H3,(H,13,14). The average molecular weight is 197 g/mol. The van der Waals surface area contributed by atoms with E-state index in [4.69, 9.17) is 5.11 Å². The first-order valence-corrected chi connectivity index (χ1v) is 4.80. The maximum Gasteiger partial charge on any atom is 0.323 e. The van der Waals surface area contributed by atoms with Crippen molar-refractivity contribution in [1.82, 2.24) is 4.90 Å². The number of carbonyl (C=O) groups excluding carboxylic acids is 1. The van der Waals surface area contributed by atoms with E-state index in [0.717, 1.165) is 31.4 Å². The molecule has 4 nitrogen and oxygen atoms in total. The van der Waals surface area contributed by atoms with Crippen molar-refractivity contribution in [1.29, 1.82) is 0 Å². The van der Waals surface area contributed by atoms with Crippen LogP contribution in [0.3, 0.4) is 0 Å². The van der Waals surface area contributed by atoms with Gasteiger partial charge in [-0.25, -0.2) is 0 Å². The molecule has 4 heteroatoms. The molecule has 78 valence electrons. The lowest BCUT2D eigenvalue weighted by molar-refractivity contribution is -0.142. The Labute approximate surface area is 83.2 Å². The normalized spacial score (nSPS) is 15.9. The highest BCUT2D eigenvalue weighted by Crippen LogP contribution is 2.20. The Morgan fingerprint density at radius 2 is 2.21 bits per heavy atom. The van der Waals surface area contributed by atoms with Crippen molar-refractivity contribution in [2.45, 2.75) is 32.6 Å². The van der Waals surface area contributed by atoms with Crippen molar-refractivity contribution in [3.05, 3.63) is 11.8 Å². The Morgan fingerprint density at radius 1 is 1.50 bits per heavy atom. The van der Waals surface area contributed by atoms with Gasteiger partial charge in [-0.1, -0.05) is 6.08 Å². The molecular formula is C10H15NO3. The largest absolute Gasteiger partial charge is 0.480 e. The van der Waals surface area contributed by atoms with Crippen LogP contribution in [0.15, 0.2) is 11.8 Å². The quantitative estimate of drug-likeness (QED) is 0.743. The number of hydrogen-bond donors (Lipinski definition) is 1. The van der Waals surface area contributed by atoms with Gasteiger partial charge in [0.1, 0.15) is 6.54 Å². The van der Waals surface area contributed by atoms with Crippen LogP contribution in [0.5, 0.6) is 0 Å². The number of aliphatic carboxylic acids is 1. The lowest BCUT2D eigenvalue weighted by atomic mass is 10.0. The summed E-state index contributed by atoms with van der Waals surface area (Å²) in [7, 11) is 0. The molecule has 0 aliphatic heterocycles. The minimum absolute atomic E-state index is 0.194. The molecule has 0 heterocycles. The van der Waals surface area contributed by atoms with Gasteiger partial charge in [-0.3, -0.25) is 9.59 Å². The second kappa shape index (κ2) is 4.79. The predicted octanol–water partition coefficient (Wildman–Crippen LogP) is 1.38. The van der Waals surface area contributed by atoms with Crippen LogP contribution in [0.25, 0.3) is 0 Å². The third-order valence-electron chi connectivity index (χ3n) is 2.29. The SMILES string of the molecule is CC(=O)N(CC(=O)O)C1=CCCCC1. The van der Waals surface area contributed by atoms with E-state index in [9.17, 15) is 9.59 Å².